The van der Waals surface area contributed by atoms with Gasteiger partial charge in [-0.15, -0.1) is 0 Å². The Bertz CT molecular complexity index is 2480. The van der Waals surface area contributed by atoms with Crippen LogP contribution in [0.2, 0.25) is 0 Å². The Morgan fingerprint density at radius 2 is 0.934 bits per heavy atom. The smallest absolute Gasteiger partial charge is 0.246 e. The van der Waals surface area contributed by atoms with Gasteiger partial charge < -0.3 is 29.9 Å². The third-order valence-corrected chi connectivity index (χ3v) is 16.6. The van der Waals surface area contributed by atoms with Gasteiger partial charge in [0.25, 0.3) is 0 Å². The van der Waals surface area contributed by atoms with Gasteiger partial charge in [0.05, 0.1) is 12.1 Å². The van der Waals surface area contributed by atoms with Crippen LogP contribution in [0.3, 0.4) is 0 Å². The predicted octanol–water partition coefficient (Wildman–Crippen LogP) is 9.99. The summed E-state index contributed by atoms with van der Waals surface area (Å²) in [7, 11) is 0. The van der Waals surface area contributed by atoms with Crippen molar-refractivity contribution in [3.05, 3.63) is 143 Å². The number of benzene rings is 4. The van der Waals surface area contributed by atoms with E-state index < -0.39 is 24.2 Å². The highest BCUT2D eigenvalue weighted by molar-refractivity contribution is 5.95. The van der Waals surface area contributed by atoms with E-state index in [2.05, 4.69) is 47.0 Å². The summed E-state index contributed by atoms with van der Waals surface area (Å²) < 4.78 is 12.0. The molecule has 12 nitrogen and oxygen atoms in total. The van der Waals surface area contributed by atoms with E-state index in [4.69, 9.17) is 9.47 Å². The van der Waals surface area contributed by atoms with Crippen molar-refractivity contribution < 1.29 is 38.2 Å². The first kappa shape index (κ1) is 55.7. The summed E-state index contributed by atoms with van der Waals surface area (Å²) in [4.78, 5) is 86.5. The number of carbonyl (C=O) groups excluding carboxylic acids is 6. The average molecular weight is 1030 g/mol. The van der Waals surface area contributed by atoms with Crippen LogP contribution in [0.15, 0.2) is 109 Å². The number of Topliss-reactive ketones (excluding diaryl/α,β-unsaturated/α-hetero) is 2. The molecular weight excluding hydrogens is 953 g/mol. The average Bonchev–Trinajstić information content (AvgIpc) is 4.16. The van der Waals surface area contributed by atoms with Gasteiger partial charge in [-0.3, -0.25) is 28.8 Å². The van der Waals surface area contributed by atoms with Crippen molar-refractivity contribution >= 4 is 35.2 Å². The van der Waals surface area contributed by atoms with E-state index in [0.717, 1.165) is 62.5 Å². The molecule has 76 heavy (non-hydrogen) atoms. The lowest BCUT2D eigenvalue weighted by Gasteiger charge is -2.31. The highest BCUT2D eigenvalue weighted by Gasteiger charge is 2.41. The van der Waals surface area contributed by atoms with Crippen LogP contribution >= 0.6 is 0 Å². The Morgan fingerprint density at radius 3 is 1.33 bits per heavy atom. The molecule has 12 heteroatoms. The summed E-state index contributed by atoms with van der Waals surface area (Å²) in [5, 5.41) is 6.09. The maximum absolute atomic E-state index is 14.3. The van der Waals surface area contributed by atoms with E-state index in [0.29, 0.717) is 89.2 Å². The molecule has 2 saturated heterocycles. The Hall–Kier alpha value is -6.56. The van der Waals surface area contributed by atoms with E-state index in [1.54, 1.807) is 9.80 Å². The summed E-state index contributed by atoms with van der Waals surface area (Å²) in [6.45, 7) is 9.23. The molecule has 2 fully saturated rings. The van der Waals surface area contributed by atoms with E-state index in [-0.39, 0.29) is 58.9 Å². The molecule has 2 aliphatic heterocycles. The van der Waals surface area contributed by atoms with E-state index in [9.17, 15) is 28.8 Å². The van der Waals surface area contributed by atoms with Crippen LogP contribution in [0.4, 0.5) is 0 Å². The Kier molecular flexibility index (Phi) is 19.8. The van der Waals surface area contributed by atoms with Gasteiger partial charge in [-0.25, -0.2) is 0 Å². The first-order chi connectivity index (χ1) is 36.9. The molecule has 4 aromatic carbocycles. The highest BCUT2D eigenvalue weighted by Crippen LogP contribution is 2.37. The topological polar surface area (TPSA) is 151 Å². The van der Waals surface area contributed by atoms with Crippen LogP contribution in [0, 0.1) is 11.8 Å². The van der Waals surface area contributed by atoms with Crippen molar-refractivity contribution in [1.82, 2.24) is 20.4 Å². The van der Waals surface area contributed by atoms with E-state index in [1.165, 1.54) is 22.3 Å². The van der Waals surface area contributed by atoms with Gasteiger partial charge in [0.2, 0.25) is 23.6 Å². The number of carbonyl (C=O) groups is 6. The maximum Gasteiger partial charge on any atom is 0.246 e. The van der Waals surface area contributed by atoms with E-state index in [1.807, 2.05) is 101 Å². The molecule has 2 heterocycles. The van der Waals surface area contributed by atoms with Crippen molar-refractivity contribution in [1.29, 1.82) is 0 Å². The number of hydrogen-bond acceptors (Lipinski definition) is 8. The van der Waals surface area contributed by atoms with E-state index >= 15 is 0 Å². The van der Waals surface area contributed by atoms with Crippen molar-refractivity contribution in [2.45, 2.75) is 166 Å². The lowest BCUT2D eigenvalue weighted by Crippen LogP contribution is -2.53. The fourth-order valence-corrected chi connectivity index (χ4v) is 11.8. The molecule has 4 amide bonds. The molecule has 0 saturated carbocycles. The van der Waals surface area contributed by atoms with Crippen LogP contribution < -0.4 is 20.1 Å². The summed E-state index contributed by atoms with van der Waals surface area (Å²) in [6, 6.07) is 29.3. The maximum atomic E-state index is 14.3. The molecule has 8 atom stereocenters. The number of nitrogens with zero attached hydrogens (tertiary/aromatic N) is 2. The van der Waals surface area contributed by atoms with Gasteiger partial charge in [-0.05, 0) is 159 Å². The van der Waals surface area contributed by atoms with Crippen LogP contribution in [0.25, 0.3) is 0 Å². The Balaban J connectivity index is 0.813. The summed E-state index contributed by atoms with van der Waals surface area (Å²) in [5.41, 5.74) is 6.90. The standard InChI is InChI=1S/C64H80N4O8/c1-5-43(3)61(71)65-55(63(73)67-35-15-25-57(67)59(69)41-49-21-13-19-47-17-7-9-23-53(47)49)39-45-27-31-51(32-28-45)75-37-11-12-38-76-52-33-29-46(30-34-52)40-56(66-62(72)44(4)6-2)64(74)68-36-16-26-58(68)60(70)42-50-22-14-20-48-18-8-10-24-54(48)50/h7-12,17-18,23-24,27-34,43-44,49-50,55-58H,5-6,13-16,19-22,25-26,35-42H2,1-4H3,(H,65,71)(H,66,72)/b12-11-/t43-,44-,49+,50+,55+,56+,57?,58?/m1/s1. The SMILES string of the molecule is CC[C@@H](C)C(=O)N[C@@H](Cc1ccc(OC/C=C\COc2ccc(C[C@H](NC(=O)[C@H](C)CC)C(=O)N3CCCC3C(=O)C[C@@H]3CCCc4ccccc43)cc2)cc1)C(=O)N1CCCC1C(=O)C[C@@H]1CCCc2ccccc21. The van der Waals surface area contributed by atoms with Crippen molar-refractivity contribution in [3.63, 3.8) is 0 Å². The Morgan fingerprint density at radius 1 is 0.539 bits per heavy atom. The van der Waals surface area contributed by atoms with Crippen LogP contribution in [-0.4, -0.2) is 95.5 Å². The van der Waals surface area contributed by atoms with Crippen molar-refractivity contribution in [2.75, 3.05) is 26.3 Å². The molecule has 8 rings (SSSR count). The lowest BCUT2D eigenvalue weighted by atomic mass is 9.79. The lowest BCUT2D eigenvalue weighted by molar-refractivity contribution is -0.141. The molecular formula is C64H80N4O8. The molecule has 0 radical (unpaired) electrons. The minimum Gasteiger partial charge on any atom is -0.490 e. The second kappa shape index (κ2) is 27.0. The minimum absolute atomic E-state index is 0.107. The van der Waals surface area contributed by atoms with Gasteiger partial charge in [0.15, 0.2) is 11.6 Å². The molecule has 0 bridgehead atoms. The zero-order valence-electron chi connectivity index (χ0n) is 45.3. The van der Waals surface area contributed by atoms with Crippen LogP contribution in [0.5, 0.6) is 11.5 Å². The second-order valence-electron chi connectivity index (χ2n) is 21.8. The van der Waals surface area contributed by atoms with Gasteiger partial charge in [-0.2, -0.15) is 0 Å². The summed E-state index contributed by atoms with van der Waals surface area (Å²) >= 11 is 0. The second-order valence-corrected chi connectivity index (χ2v) is 21.8. The molecule has 0 spiro atoms. The molecule has 404 valence electrons. The highest BCUT2D eigenvalue weighted by atomic mass is 16.5. The van der Waals surface area contributed by atoms with Crippen molar-refractivity contribution in [3.8, 4) is 11.5 Å². The normalized spacial score (nSPS) is 20.7. The first-order valence-electron chi connectivity index (χ1n) is 28.4. The zero-order chi connectivity index (χ0) is 53.6. The summed E-state index contributed by atoms with van der Waals surface area (Å²) in [6.07, 6.45) is 15.4. The molecule has 4 aromatic rings. The number of amides is 4. The molecule has 2 N–H and O–H groups in total. The number of rotatable bonds is 24. The van der Waals surface area contributed by atoms with Crippen LogP contribution in [-0.2, 0) is 54.5 Å². The van der Waals surface area contributed by atoms with Gasteiger partial charge in [0, 0.05) is 50.6 Å². The van der Waals surface area contributed by atoms with Gasteiger partial charge in [0.1, 0.15) is 36.8 Å². The minimum atomic E-state index is -0.804. The molecule has 0 aromatic heterocycles. The largest absolute Gasteiger partial charge is 0.490 e. The zero-order valence-corrected chi connectivity index (χ0v) is 45.3. The number of hydrogen-bond donors (Lipinski definition) is 2. The fraction of sp³-hybridized carbons (Fsp3) is 0.500. The third-order valence-electron chi connectivity index (χ3n) is 16.6. The number of likely N-dealkylation sites (tertiary alicyclic amines) is 2. The summed E-state index contributed by atoms with van der Waals surface area (Å²) in [5.74, 6) is 0.581. The fourth-order valence-electron chi connectivity index (χ4n) is 11.8. The molecule has 2 aliphatic carbocycles. The van der Waals surface area contributed by atoms with Gasteiger partial charge >= 0.3 is 0 Å². The number of nitrogens with one attached hydrogen (secondary N) is 2. The van der Waals surface area contributed by atoms with Gasteiger partial charge in [-0.1, -0.05) is 100 Å². The first-order valence-corrected chi connectivity index (χ1v) is 28.4. The molecule has 2 unspecified atom stereocenters. The number of aryl methyl sites for hydroxylation is 2. The number of fused-ring (bicyclic) bond motifs is 2. The number of ether oxygens (including phenoxy) is 2. The predicted molar refractivity (Wildman–Crippen MR) is 296 cm³/mol. The number of ketones is 2. The monoisotopic (exact) mass is 1030 g/mol. The molecule has 4 aliphatic rings. The van der Waals surface area contributed by atoms with Crippen molar-refractivity contribution in [2.24, 2.45) is 11.8 Å². The quantitative estimate of drug-likeness (QED) is 0.0659. The van der Waals surface area contributed by atoms with Crippen LogP contribution in [0.1, 0.15) is 150 Å². The third kappa shape index (κ3) is 14.3. The Labute approximate surface area is 450 Å².